The predicted molar refractivity (Wildman–Crippen MR) is 127 cm³/mol. The average Bonchev–Trinajstić information content (AvgIpc) is 3.16. The molecule has 4 aromatic carbocycles. The minimum atomic E-state index is -1.02. The number of carbonyl (C=O) groups is 2. The van der Waals surface area contributed by atoms with Gasteiger partial charge in [0.15, 0.2) is 0 Å². The Morgan fingerprint density at radius 1 is 0.788 bits per heavy atom. The third kappa shape index (κ3) is 3.64. The first-order valence-corrected chi connectivity index (χ1v) is 10.6. The van der Waals surface area contributed by atoms with E-state index in [4.69, 9.17) is 10.5 Å². The van der Waals surface area contributed by atoms with E-state index in [9.17, 15) is 14.7 Å². The third-order valence-corrected chi connectivity index (χ3v) is 6.09. The Balaban J connectivity index is 1.41. The number of para-hydroxylation sites is 1. The summed E-state index contributed by atoms with van der Waals surface area (Å²) in [7, 11) is 0. The lowest BCUT2D eigenvalue weighted by atomic mass is 9.97. The summed E-state index contributed by atoms with van der Waals surface area (Å²) in [6.45, 7) is 0.199. The van der Waals surface area contributed by atoms with Gasteiger partial charge in [-0.15, -0.1) is 0 Å². The van der Waals surface area contributed by atoms with Crippen molar-refractivity contribution in [1.29, 1.82) is 0 Å². The fourth-order valence-corrected chi connectivity index (χ4v) is 4.49. The summed E-state index contributed by atoms with van der Waals surface area (Å²) in [6, 6.07) is 27.9. The number of aromatic carboxylic acids is 1. The predicted octanol–water partition coefficient (Wildman–Crippen LogP) is 5.60. The summed E-state index contributed by atoms with van der Waals surface area (Å²) in [6.07, 6.45) is 0. The van der Waals surface area contributed by atoms with E-state index in [0.29, 0.717) is 11.1 Å². The number of carboxylic acids is 1. The first kappa shape index (κ1) is 20.5. The molecule has 0 aromatic heterocycles. The molecule has 0 bridgehead atoms. The third-order valence-electron chi connectivity index (χ3n) is 6.09. The Bertz CT molecular complexity index is 1350. The molecular formula is C28H21NO4. The number of hydrogen-bond acceptors (Lipinski definition) is 4. The van der Waals surface area contributed by atoms with Crippen molar-refractivity contribution in [2.45, 2.75) is 5.92 Å². The van der Waals surface area contributed by atoms with E-state index >= 15 is 0 Å². The monoisotopic (exact) mass is 435 g/mol. The number of hydrogen-bond donors (Lipinski definition) is 2. The molecular weight excluding hydrogens is 414 g/mol. The van der Waals surface area contributed by atoms with Crippen LogP contribution >= 0.6 is 0 Å². The maximum Gasteiger partial charge on any atom is 0.340 e. The Morgan fingerprint density at radius 3 is 2.06 bits per heavy atom. The maximum absolute atomic E-state index is 13.0. The number of nitrogens with two attached hydrogens (primary N) is 1. The van der Waals surface area contributed by atoms with Crippen molar-refractivity contribution in [3.8, 4) is 22.3 Å². The smallest absolute Gasteiger partial charge is 0.340 e. The number of benzene rings is 4. The summed E-state index contributed by atoms with van der Waals surface area (Å²) in [5.74, 6) is -1.58. The van der Waals surface area contributed by atoms with Gasteiger partial charge in [0.05, 0.1) is 16.8 Å². The van der Waals surface area contributed by atoms with Gasteiger partial charge in [0.1, 0.15) is 6.61 Å². The fourth-order valence-electron chi connectivity index (χ4n) is 4.49. The highest BCUT2D eigenvalue weighted by molar-refractivity contribution is 6.00. The van der Waals surface area contributed by atoms with Gasteiger partial charge in [-0.2, -0.15) is 0 Å². The van der Waals surface area contributed by atoms with Gasteiger partial charge in [-0.25, -0.2) is 9.59 Å². The summed E-state index contributed by atoms with van der Waals surface area (Å²) >= 11 is 0. The van der Waals surface area contributed by atoms with E-state index in [1.165, 1.54) is 12.1 Å². The molecule has 0 radical (unpaired) electrons. The quantitative estimate of drug-likeness (QED) is 0.314. The van der Waals surface area contributed by atoms with Crippen molar-refractivity contribution >= 4 is 17.6 Å². The van der Waals surface area contributed by atoms with Gasteiger partial charge in [-0.05, 0) is 46.0 Å². The van der Waals surface area contributed by atoms with E-state index < -0.39 is 11.9 Å². The minimum Gasteiger partial charge on any atom is -0.478 e. The molecule has 0 aliphatic heterocycles. The van der Waals surface area contributed by atoms with Crippen LogP contribution < -0.4 is 5.73 Å². The number of carboxylic acid groups (broad SMARTS) is 1. The number of esters is 1. The molecule has 5 heteroatoms. The normalized spacial score (nSPS) is 12.1. The summed E-state index contributed by atoms with van der Waals surface area (Å²) < 4.78 is 5.75. The van der Waals surface area contributed by atoms with Crippen LogP contribution in [0.5, 0.6) is 0 Å². The molecule has 0 spiro atoms. The largest absolute Gasteiger partial charge is 0.478 e. The van der Waals surface area contributed by atoms with Gasteiger partial charge in [-0.1, -0.05) is 72.8 Å². The van der Waals surface area contributed by atoms with Gasteiger partial charge >= 0.3 is 11.9 Å². The van der Waals surface area contributed by atoms with Crippen LogP contribution in [0.15, 0.2) is 91.0 Å². The number of anilines is 1. The molecule has 5 rings (SSSR count). The highest BCUT2D eigenvalue weighted by atomic mass is 16.5. The van der Waals surface area contributed by atoms with E-state index in [1.54, 1.807) is 30.3 Å². The van der Waals surface area contributed by atoms with Gasteiger partial charge in [0.25, 0.3) is 0 Å². The van der Waals surface area contributed by atoms with Crippen LogP contribution in [-0.4, -0.2) is 23.7 Å². The zero-order valence-electron chi connectivity index (χ0n) is 17.7. The SMILES string of the molecule is Nc1c(C(=O)OCC2c3ccccc3-c3ccccc32)cccc1-c1cccc(C(=O)O)c1. The molecule has 5 nitrogen and oxygen atoms in total. The van der Waals surface area contributed by atoms with Gasteiger partial charge in [0, 0.05) is 11.5 Å². The summed E-state index contributed by atoms with van der Waals surface area (Å²) in [4.78, 5) is 24.3. The molecule has 0 amide bonds. The second-order valence-electron chi connectivity index (χ2n) is 7.98. The molecule has 4 aromatic rings. The van der Waals surface area contributed by atoms with Gasteiger partial charge < -0.3 is 15.6 Å². The van der Waals surface area contributed by atoms with Crippen molar-refractivity contribution in [2.24, 2.45) is 0 Å². The molecule has 33 heavy (non-hydrogen) atoms. The molecule has 0 unspecified atom stereocenters. The van der Waals surface area contributed by atoms with Crippen LogP contribution in [0.2, 0.25) is 0 Å². The standard InChI is InChI=1S/C28H21NO4/c29-26-19(17-7-5-8-18(15-17)27(30)31)13-6-14-24(26)28(32)33-16-25-22-11-3-1-9-20(22)21-10-2-4-12-23(21)25/h1-15,25H,16,29H2,(H,30,31). The van der Waals surface area contributed by atoms with E-state index in [2.05, 4.69) is 24.3 Å². The number of nitrogen functional groups attached to an aromatic ring is 1. The molecule has 3 N–H and O–H groups in total. The lowest BCUT2D eigenvalue weighted by Crippen LogP contribution is -2.14. The highest BCUT2D eigenvalue weighted by Crippen LogP contribution is 2.44. The van der Waals surface area contributed by atoms with Crippen molar-refractivity contribution in [2.75, 3.05) is 12.3 Å². The Kier molecular flexibility index (Phi) is 5.15. The molecule has 0 atom stereocenters. The second-order valence-corrected chi connectivity index (χ2v) is 7.98. The van der Waals surface area contributed by atoms with Crippen LogP contribution in [0, 0.1) is 0 Å². The average molecular weight is 435 g/mol. The molecule has 0 saturated carbocycles. The maximum atomic E-state index is 13.0. The Hall–Kier alpha value is -4.38. The molecule has 162 valence electrons. The lowest BCUT2D eigenvalue weighted by molar-refractivity contribution is 0.0494. The minimum absolute atomic E-state index is 0.0435. The molecule has 0 fully saturated rings. The van der Waals surface area contributed by atoms with Gasteiger partial charge in [0.2, 0.25) is 0 Å². The highest BCUT2D eigenvalue weighted by Gasteiger charge is 2.29. The van der Waals surface area contributed by atoms with E-state index in [-0.39, 0.29) is 29.3 Å². The Labute approximate surface area is 191 Å². The lowest BCUT2D eigenvalue weighted by Gasteiger charge is -2.16. The number of fused-ring (bicyclic) bond motifs is 3. The number of ether oxygens (including phenoxy) is 1. The Morgan fingerprint density at radius 2 is 1.39 bits per heavy atom. The van der Waals surface area contributed by atoms with Crippen molar-refractivity contribution < 1.29 is 19.4 Å². The first-order valence-electron chi connectivity index (χ1n) is 10.6. The van der Waals surface area contributed by atoms with Crippen molar-refractivity contribution in [1.82, 2.24) is 0 Å². The summed E-state index contributed by atoms with van der Waals surface area (Å²) in [5.41, 5.74) is 12.8. The van der Waals surface area contributed by atoms with Gasteiger partial charge in [-0.3, -0.25) is 0 Å². The molecule has 0 saturated heterocycles. The zero-order chi connectivity index (χ0) is 22.9. The molecule has 0 heterocycles. The fraction of sp³-hybridized carbons (Fsp3) is 0.0714. The zero-order valence-corrected chi connectivity index (χ0v) is 17.7. The molecule has 1 aliphatic carbocycles. The topological polar surface area (TPSA) is 89.6 Å². The van der Waals surface area contributed by atoms with Crippen LogP contribution in [0.25, 0.3) is 22.3 Å². The van der Waals surface area contributed by atoms with Crippen LogP contribution in [-0.2, 0) is 4.74 Å². The van der Waals surface area contributed by atoms with Crippen LogP contribution in [0.1, 0.15) is 37.8 Å². The number of carbonyl (C=O) groups excluding carboxylic acids is 1. The van der Waals surface area contributed by atoms with E-state index in [1.807, 2.05) is 24.3 Å². The van der Waals surface area contributed by atoms with Crippen molar-refractivity contribution in [3.05, 3.63) is 113 Å². The molecule has 1 aliphatic rings. The van der Waals surface area contributed by atoms with E-state index in [0.717, 1.165) is 22.3 Å². The first-order chi connectivity index (χ1) is 16.0. The second kappa shape index (κ2) is 8.28. The van der Waals surface area contributed by atoms with Crippen LogP contribution in [0.3, 0.4) is 0 Å². The van der Waals surface area contributed by atoms with Crippen LogP contribution in [0.4, 0.5) is 5.69 Å². The number of rotatable bonds is 5. The van der Waals surface area contributed by atoms with Crippen molar-refractivity contribution in [3.63, 3.8) is 0 Å². The summed E-state index contributed by atoms with van der Waals surface area (Å²) in [5, 5.41) is 9.28.